The van der Waals surface area contributed by atoms with Crippen molar-refractivity contribution in [1.29, 1.82) is 0 Å². The van der Waals surface area contributed by atoms with E-state index in [9.17, 15) is 0 Å². The number of ether oxygens (including phenoxy) is 2. The zero-order chi connectivity index (χ0) is 35.5. The first-order valence-corrected chi connectivity index (χ1v) is 19.9. The number of hydrogen-bond donors (Lipinski definition) is 0. The predicted molar refractivity (Wildman–Crippen MR) is 208 cm³/mol. The second-order valence-corrected chi connectivity index (χ2v) is 14.1. The first-order chi connectivity index (χ1) is 25.1. The van der Waals surface area contributed by atoms with Gasteiger partial charge in [0, 0.05) is 21.2 Å². The number of aromatic nitrogens is 4. The van der Waals surface area contributed by atoms with E-state index in [1.165, 1.54) is 89.9 Å². The standard InChI is InChI=1S/C42H53BrN4O4/c1-3-5-7-9-11-13-15-17-29-48-35-24-19-32(20-25-35)39-44-46-41(50-39)34-23-28-37(38(43)31-34)42-47-45-40(51-42)33-21-26-36(27-22-33)49-30-18-16-14-12-10-8-6-4-2/h19-28,31H,3-18,29-30H2,1-2H3. The van der Waals surface area contributed by atoms with Crippen LogP contribution in [0.2, 0.25) is 0 Å². The average Bonchev–Trinajstić information content (AvgIpc) is 3.85. The Bertz CT molecular complexity index is 1700. The highest BCUT2D eigenvalue weighted by molar-refractivity contribution is 9.10. The summed E-state index contributed by atoms with van der Waals surface area (Å²) in [5.41, 5.74) is 3.22. The molecule has 9 heteroatoms. The molecule has 0 spiro atoms. The van der Waals surface area contributed by atoms with Crippen LogP contribution >= 0.6 is 15.9 Å². The summed E-state index contributed by atoms with van der Waals surface area (Å²) in [6.45, 7) is 5.98. The van der Waals surface area contributed by atoms with E-state index in [0.29, 0.717) is 23.6 Å². The molecule has 0 N–H and O–H groups in total. The Hall–Kier alpha value is -3.98. The highest BCUT2D eigenvalue weighted by Crippen LogP contribution is 2.34. The van der Waals surface area contributed by atoms with E-state index in [1.807, 2.05) is 66.7 Å². The van der Waals surface area contributed by atoms with Gasteiger partial charge in [-0.3, -0.25) is 0 Å². The fraction of sp³-hybridized carbons (Fsp3) is 0.476. The van der Waals surface area contributed by atoms with Gasteiger partial charge in [0.2, 0.25) is 23.6 Å². The van der Waals surface area contributed by atoms with Crippen molar-refractivity contribution in [3.8, 4) is 57.3 Å². The third-order valence-corrected chi connectivity index (χ3v) is 9.69. The van der Waals surface area contributed by atoms with Crippen LogP contribution in [0.4, 0.5) is 0 Å². The van der Waals surface area contributed by atoms with Gasteiger partial charge in [-0.15, -0.1) is 20.4 Å². The third-order valence-electron chi connectivity index (χ3n) is 9.03. The van der Waals surface area contributed by atoms with Gasteiger partial charge in [0.25, 0.3) is 0 Å². The lowest BCUT2D eigenvalue weighted by atomic mass is 10.1. The Morgan fingerprint density at radius 1 is 0.451 bits per heavy atom. The molecule has 0 aliphatic carbocycles. The normalized spacial score (nSPS) is 11.3. The monoisotopic (exact) mass is 756 g/mol. The lowest BCUT2D eigenvalue weighted by molar-refractivity contribution is 0.304. The van der Waals surface area contributed by atoms with Crippen molar-refractivity contribution in [2.45, 2.75) is 117 Å². The highest BCUT2D eigenvalue weighted by atomic mass is 79.9. The molecule has 0 unspecified atom stereocenters. The van der Waals surface area contributed by atoms with Crippen LogP contribution in [0.25, 0.3) is 45.8 Å². The Morgan fingerprint density at radius 3 is 1.27 bits per heavy atom. The maximum atomic E-state index is 6.06. The van der Waals surface area contributed by atoms with Gasteiger partial charge >= 0.3 is 0 Å². The Morgan fingerprint density at radius 2 is 0.824 bits per heavy atom. The van der Waals surface area contributed by atoms with Crippen LogP contribution in [0.1, 0.15) is 117 Å². The molecule has 0 saturated carbocycles. The molecule has 0 saturated heterocycles. The lowest BCUT2D eigenvalue weighted by Crippen LogP contribution is -1.97. The zero-order valence-electron chi connectivity index (χ0n) is 30.4. The van der Waals surface area contributed by atoms with E-state index < -0.39 is 0 Å². The van der Waals surface area contributed by atoms with Gasteiger partial charge in [-0.1, -0.05) is 104 Å². The van der Waals surface area contributed by atoms with Gasteiger partial charge in [-0.05, 0) is 95.5 Å². The van der Waals surface area contributed by atoms with E-state index in [4.69, 9.17) is 18.3 Å². The smallest absolute Gasteiger partial charge is 0.249 e. The Kier molecular flexibility index (Phi) is 16.1. The van der Waals surface area contributed by atoms with E-state index >= 15 is 0 Å². The summed E-state index contributed by atoms with van der Waals surface area (Å²) < 4.78 is 24.8. The number of halogens is 1. The van der Waals surface area contributed by atoms with Gasteiger partial charge in [0.1, 0.15) is 11.5 Å². The summed E-state index contributed by atoms with van der Waals surface area (Å²) in [4.78, 5) is 0. The van der Waals surface area contributed by atoms with Crippen molar-refractivity contribution in [1.82, 2.24) is 20.4 Å². The molecular formula is C42H53BrN4O4. The molecule has 0 bridgehead atoms. The largest absolute Gasteiger partial charge is 0.494 e. The molecule has 5 aromatic rings. The van der Waals surface area contributed by atoms with Crippen molar-refractivity contribution in [2.24, 2.45) is 0 Å². The molecule has 51 heavy (non-hydrogen) atoms. The molecule has 3 aromatic carbocycles. The topological polar surface area (TPSA) is 96.3 Å². The minimum absolute atomic E-state index is 0.411. The average molecular weight is 758 g/mol. The molecule has 0 aliphatic rings. The van der Waals surface area contributed by atoms with E-state index in [-0.39, 0.29) is 0 Å². The molecule has 0 radical (unpaired) electrons. The van der Waals surface area contributed by atoms with Crippen molar-refractivity contribution < 1.29 is 18.3 Å². The molecule has 2 heterocycles. The summed E-state index contributed by atoms with van der Waals surface area (Å²) in [7, 11) is 0. The van der Waals surface area contributed by atoms with Crippen LogP contribution < -0.4 is 9.47 Å². The number of benzene rings is 3. The van der Waals surface area contributed by atoms with Crippen molar-refractivity contribution in [3.05, 3.63) is 71.2 Å². The third kappa shape index (κ3) is 12.3. The second kappa shape index (κ2) is 21.4. The number of hydrogen-bond acceptors (Lipinski definition) is 8. The van der Waals surface area contributed by atoms with Gasteiger partial charge < -0.3 is 18.3 Å². The first kappa shape index (κ1) is 38.3. The van der Waals surface area contributed by atoms with Gasteiger partial charge in [-0.2, -0.15) is 0 Å². The predicted octanol–water partition coefficient (Wildman–Crippen LogP) is 12.9. The number of unbranched alkanes of at least 4 members (excludes halogenated alkanes) is 14. The molecule has 0 atom stereocenters. The summed E-state index contributed by atoms with van der Waals surface area (Å²) in [6.07, 6.45) is 20.5. The molecule has 2 aromatic heterocycles. The van der Waals surface area contributed by atoms with Gasteiger partial charge in [0.05, 0.1) is 18.8 Å². The summed E-state index contributed by atoms with van der Waals surface area (Å²) >= 11 is 3.67. The SMILES string of the molecule is CCCCCCCCCCOc1ccc(-c2nnc(-c3ccc(-c4nnc(-c5ccc(OCCCCCCCCCC)cc5)o4)c(Br)c3)o2)cc1. The summed E-state index contributed by atoms with van der Waals surface area (Å²) in [5, 5.41) is 17.2. The maximum Gasteiger partial charge on any atom is 0.249 e. The van der Waals surface area contributed by atoms with Gasteiger partial charge in [0.15, 0.2) is 0 Å². The van der Waals surface area contributed by atoms with Crippen LogP contribution in [0.3, 0.4) is 0 Å². The fourth-order valence-electron chi connectivity index (χ4n) is 5.97. The number of nitrogens with zero attached hydrogens (tertiary/aromatic N) is 4. The summed E-state index contributed by atoms with van der Waals surface area (Å²) in [6, 6.07) is 21.3. The van der Waals surface area contributed by atoms with Crippen molar-refractivity contribution in [2.75, 3.05) is 13.2 Å². The molecule has 0 amide bonds. The fourth-order valence-corrected chi connectivity index (χ4v) is 6.51. The molecule has 8 nitrogen and oxygen atoms in total. The molecular weight excluding hydrogens is 704 g/mol. The Balaban J connectivity index is 1.07. The zero-order valence-corrected chi connectivity index (χ0v) is 32.0. The first-order valence-electron chi connectivity index (χ1n) is 19.1. The van der Waals surface area contributed by atoms with E-state index in [2.05, 4.69) is 50.2 Å². The van der Waals surface area contributed by atoms with Crippen LogP contribution in [0.5, 0.6) is 11.5 Å². The molecule has 272 valence electrons. The van der Waals surface area contributed by atoms with Gasteiger partial charge in [-0.25, -0.2) is 0 Å². The van der Waals surface area contributed by atoms with Crippen molar-refractivity contribution in [3.63, 3.8) is 0 Å². The van der Waals surface area contributed by atoms with Crippen LogP contribution in [0, 0.1) is 0 Å². The quantitative estimate of drug-likeness (QED) is 0.0574. The second-order valence-electron chi connectivity index (χ2n) is 13.2. The summed E-state index contributed by atoms with van der Waals surface area (Å²) in [5.74, 6) is 3.42. The molecule has 5 rings (SSSR count). The Labute approximate surface area is 311 Å². The van der Waals surface area contributed by atoms with Crippen molar-refractivity contribution >= 4 is 15.9 Å². The number of rotatable bonds is 24. The van der Waals surface area contributed by atoms with Crippen LogP contribution in [-0.2, 0) is 0 Å². The highest BCUT2D eigenvalue weighted by Gasteiger charge is 2.17. The van der Waals surface area contributed by atoms with Crippen LogP contribution in [-0.4, -0.2) is 33.6 Å². The lowest BCUT2D eigenvalue weighted by Gasteiger charge is -2.06. The minimum atomic E-state index is 0.411. The minimum Gasteiger partial charge on any atom is -0.494 e. The van der Waals surface area contributed by atoms with Crippen LogP contribution in [0.15, 0.2) is 80.0 Å². The van der Waals surface area contributed by atoms with E-state index in [1.54, 1.807) is 0 Å². The maximum absolute atomic E-state index is 6.06. The molecule has 0 aliphatic heterocycles. The molecule has 0 fully saturated rings. The van der Waals surface area contributed by atoms with E-state index in [0.717, 1.165) is 64.3 Å².